The second-order valence-corrected chi connectivity index (χ2v) is 5.09. The van der Waals surface area contributed by atoms with E-state index in [2.05, 4.69) is 5.32 Å². The second kappa shape index (κ2) is 11.1. The van der Waals surface area contributed by atoms with Crippen LogP contribution in [-0.2, 0) is 15.7 Å². The van der Waals surface area contributed by atoms with Gasteiger partial charge in [-0.05, 0) is 18.2 Å². The molecule has 4 N–H and O–H groups in total. The van der Waals surface area contributed by atoms with Gasteiger partial charge in [-0.3, -0.25) is 4.79 Å². The van der Waals surface area contributed by atoms with Crippen LogP contribution in [0.2, 0.25) is 0 Å². The Morgan fingerprint density at radius 2 is 2.08 bits per heavy atom. The molecule has 0 aliphatic carbocycles. The lowest BCUT2D eigenvalue weighted by Crippen LogP contribution is -2.38. The highest BCUT2D eigenvalue weighted by Crippen LogP contribution is 2.31. The number of hydrogen-bond acceptors (Lipinski definition) is 5. The van der Waals surface area contributed by atoms with Crippen molar-refractivity contribution in [1.82, 2.24) is 5.32 Å². The first-order valence-electron chi connectivity index (χ1n) is 7.24. The van der Waals surface area contributed by atoms with Gasteiger partial charge >= 0.3 is 6.18 Å². The summed E-state index contributed by atoms with van der Waals surface area (Å²) in [5.74, 6) is -0.372. The zero-order chi connectivity index (χ0) is 18.2. The van der Waals surface area contributed by atoms with Gasteiger partial charge in [-0.25, -0.2) is 0 Å². The first-order chi connectivity index (χ1) is 11.3. The van der Waals surface area contributed by atoms with Crippen LogP contribution in [0.15, 0.2) is 24.3 Å². The first-order valence-corrected chi connectivity index (χ1v) is 7.24. The van der Waals surface area contributed by atoms with Crippen LogP contribution < -0.4 is 15.8 Å². The van der Waals surface area contributed by atoms with Crippen molar-refractivity contribution < 1.29 is 32.5 Å². The third-order valence-corrected chi connectivity index (χ3v) is 3.15. The molecule has 0 saturated carbocycles. The van der Waals surface area contributed by atoms with E-state index >= 15 is 0 Å². The maximum Gasteiger partial charge on any atom is 0.416 e. The van der Waals surface area contributed by atoms with Crippen LogP contribution >= 0.6 is 12.4 Å². The highest BCUT2D eigenvalue weighted by molar-refractivity contribution is 5.85. The number of carbonyl (C=O) groups excluding carboxylic acids is 1. The maximum atomic E-state index is 12.6. The molecule has 0 spiro atoms. The van der Waals surface area contributed by atoms with Gasteiger partial charge in [0.05, 0.1) is 18.1 Å². The van der Waals surface area contributed by atoms with Crippen molar-refractivity contribution in [3.8, 4) is 5.75 Å². The van der Waals surface area contributed by atoms with E-state index in [1.807, 2.05) is 0 Å². The average Bonchev–Trinajstić information content (AvgIpc) is 2.55. The van der Waals surface area contributed by atoms with E-state index in [0.29, 0.717) is 0 Å². The molecular formula is C15H22ClF3N2O4. The number of rotatable bonds is 9. The van der Waals surface area contributed by atoms with E-state index in [1.54, 1.807) is 0 Å². The van der Waals surface area contributed by atoms with Crippen molar-refractivity contribution in [2.45, 2.75) is 24.8 Å². The van der Waals surface area contributed by atoms with Crippen molar-refractivity contribution in [3.05, 3.63) is 29.8 Å². The van der Waals surface area contributed by atoms with Crippen LogP contribution in [0, 0.1) is 0 Å². The molecule has 1 amide bonds. The molecule has 0 radical (unpaired) electrons. The Bertz CT molecular complexity index is 528. The number of aliphatic hydroxyl groups excluding tert-OH is 1. The molecule has 0 aliphatic heterocycles. The zero-order valence-electron chi connectivity index (χ0n) is 13.6. The summed E-state index contributed by atoms with van der Waals surface area (Å²) in [4.78, 5) is 11.6. The number of benzene rings is 1. The maximum absolute atomic E-state index is 12.6. The lowest BCUT2D eigenvalue weighted by molar-refractivity contribution is -0.137. The lowest BCUT2D eigenvalue weighted by Gasteiger charge is -2.16. The van der Waals surface area contributed by atoms with Crippen LogP contribution in [0.5, 0.6) is 5.75 Å². The van der Waals surface area contributed by atoms with Gasteiger partial charge in [0.25, 0.3) is 0 Å². The summed E-state index contributed by atoms with van der Waals surface area (Å²) in [6, 6.07) is 4.33. The van der Waals surface area contributed by atoms with Gasteiger partial charge in [-0.15, -0.1) is 12.4 Å². The van der Waals surface area contributed by atoms with E-state index in [-0.39, 0.29) is 50.2 Å². The van der Waals surface area contributed by atoms with E-state index < -0.39 is 23.9 Å². The normalized spacial score (nSPS) is 13.5. The van der Waals surface area contributed by atoms with Gasteiger partial charge in [-0.1, -0.05) is 6.07 Å². The molecule has 0 heterocycles. The van der Waals surface area contributed by atoms with Crippen LogP contribution in [0.1, 0.15) is 12.0 Å². The summed E-state index contributed by atoms with van der Waals surface area (Å²) in [7, 11) is 1.43. The Labute approximate surface area is 149 Å². The van der Waals surface area contributed by atoms with Gasteiger partial charge < -0.3 is 25.6 Å². The first kappa shape index (κ1) is 23.4. The summed E-state index contributed by atoms with van der Waals surface area (Å²) in [5.41, 5.74) is 4.55. The van der Waals surface area contributed by atoms with E-state index in [9.17, 15) is 23.1 Å². The highest BCUT2D eigenvalue weighted by atomic mass is 35.5. The fourth-order valence-electron chi connectivity index (χ4n) is 1.79. The third-order valence-electron chi connectivity index (χ3n) is 3.15. The number of aliphatic hydroxyl groups is 1. The molecule has 2 unspecified atom stereocenters. The number of alkyl halides is 3. The van der Waals surface area contributed by atoms with Gasteiger partial charge in [0.1, 0.15) is 18.5 Å². The monoisotopic (exact) mass is 386 g/mol. The number of methoxy groups -OCH3 is 1. The Hall–Kier alpha value is -1.55. The number of nitrogens with two attached hydrogens (primary N) is 1. The van der Waals surface area contributed by atoms with Crippen LogP contribution in [0.25, 0.3) is 0 Å². The number of amides is 1. The molecule has 6 nitrogen and oxygen atoms in total. The zero-order valence-corrected chi connectivity index (χ0v) is 14.4. The Balaban J connectivity index is 0.00000576. The summed E-state index contributed by atoms with van der Waals surface area (Å²) < 4.78 is 47.8. The molecule has 10 heteroatoms. The predicted octanol–water partition coefficient (Wildman–Crippen LogP) is 1.35. The fraction of sp³-hybridized carbons (Fsp3) is 0.533. The van der Waals surface area contributed by atoms with Gasteiger partial charge in [0.15, 0.2) is 0 Å². The van der Waals surface area contributed by atoms with E-state index in [0.717, 1.165) is 12.1 Å². The third kappa shape index (κ3) is 8.92. The largest absolute Gasteiger partial charge is 0.491 e. The number of hydrogen-bond donors (Lipinski definition) is 3. The summed E-state index contributed by atoms with van der Waals surface area (Å²) in [5, 5.41) is 12.2. The van der Waals surface area contributed by atoms with E-state index in [1.165, 1.54) is 19.2 Å². The minimum atomic E-state index is -4.47. The lowest BCUT2D eigenvalue weighted by atomic mass is 10.2. The van der Waals surface area contributed by atoms with Gasteiger partial charge in [0, 0.05) is 20.2 Å². The Morgan fingerprint density at radius 3 is 2.64 bits per heavy atom. The molecule has 25 heavy (non-hydrogen) atoms. The molecule has 1 rings (SSSR count). The predicted molar refractivity (Wildman–Crippen MR) is 87.7 cm³/mol. The topological polar surface area (TPSA) is 93.8 Å². The molecule has 0 bridgehead atoms. The van der Waals surface area contributed by atoms with Crippen LogP contribution in [0.3, 0.4) is 0 Å². The average molecular weight is 387 g/mol. The second-order valence-electron chi connectivity index (χ2n) is 5.09. The van der Waals surface area contributed by atoms with E-state index in [4.69, 9.17) is 15.2 Å². The summed E-state index contributed by atoms with van der Waals surface area (Å²) in [6.45, 7) is -0.171. The molecule has 2 atom stereocenters. The molecule has 0 aliphatic rings. The van der Waals surface area contributed by atoms with Crippen molar-refractivity contribution in [2.24, 2.45) is 5.73 Å². The van der Waals surface area contributed by atoms with Crippen LogP contribution in [-0.4, -0.2) is 50.0 Å². The molecule has 0 aromatic heterocycles. The summed E-state index contributed by atoms with van der Waals surface area (Å²) in [6.07, 6.45) is -5.90. The van der Waals surface area contributed by atoms with Crippen LogP contribution in [0.4, 0.5) is 13.2 Å². The Kier molecular flexibility index (Phi) is 10.4. The minimum absolute atomic E-state index is 0. The number of ether oxygens (including phenoxy) is 2. The molecule has 0 fully saturated rings. The Morgan fingerprint density at radius 1 is 1.40 bits per heavy atom. The smallest absolute Gasteiger partial charge is 0.416 e. The number of halogens is 4. The number of nitrogens with one attached hydrogen (secondary N) is 1. The number of carbonyl (C=O) groups is 1. The van der Waals surface area contributed by atoms with Crippen molar-refractivity contribution in [2.75, 3.05) is 26.8 Å². The fourth-order valence-corrected chi connectivity index (χ4v) is 1.79. The molecule has 1 aromatic carbocycles. The minimum Gasteiger partial charge on any atom is -0.491 e. The highest BCUT2D eigenvalue weighted by Gasteiger charge is 2.30. The SMILES string of the molecule is COC(CN)CC(=O)NCC(O)COc1cccc(C(F)(F)F)c1.Cl. The van der Waals surface area contributed by atoms with Gasteiger partial charge in [0.2, 0.25) is 5.91 Å². The molecular weight excluding hydrogens is 365 g/mol. The standard InChI is InChI=1S/C15H21F3N2O4.ClH/c1-23-13(7-19)6-14(22)20-8-11(21)9-24-12-4-2-3-10(5-12)15(16,17)18;/h2-5,11,13,21H,6-9,19H2,1H3,(H,20,22);1H. The molecule has 0 saturated heterocycles. The quantitative estimate of drug-likeness (QED) is 0.595. The van der Waals surface area contributed by atoms with Gasteiger partial charge in [-0.2, -0.15) is 13.2 Å². The van der Waals surface area contributed by atoms with Crippen molar-refractivity contribution >= 4 is 18.3 Å². The van der Waals surface area contributed by atoms with Crippen molar-refractivity contribution in [1.29, 1.82) is 0 Å². The summed E-state index contributed by atoms with van der Waals surface area (Å²) >= 11 is 0. The van der Waals surface area contributed by atoms with Crippen molar-refractivity contribution in [3.63, 3.8) is 0 Å². The molecule has 1 aromatic rings. The molecule has 144 valence electrons.